The summed E-state index contributed by atoms with van der Waals surface area (Å²) < 4.78 is 0. The summed E-state index contributed by atoms with van der Waals surface area (Å²) in [6.07, 6.45) is 6.31. The minimum atomic E-state index is 0.266. The lowest BCUT2D eigenvalue weighted by molar-refractivity contribution is -0.130. The maximum absolute atomic E-state index is 11.7. The lowest BCUT2D eigenvalue weighted by atomic mass is 10.4. The summed E-state index contributed by atoms with van der Waals surface area (Å²) >= 11 is 0. The van der Waals surface area contributed by atoms with Crippen LogP contribution in [0, 0.1) is 0 Å². The van der Waals surface area contributed by atoms with Gasteiger partial charge < -0.3 is 14.7 Å². The average Bonchev–Trinajstić information content (AvgIpc) is 2.75. The van der Waals surface area contributed by atoms with E-state index in [1.54, 1.807) is 0 Å². The van der Waals surface area contributed by atoms with Crippen molar-refractivity contribution in [2.24, 2.45) is 0 Å². The number of nitrogens with zero attached hydrogens (tertiary/aromatic N) is 3. The van der Waals surface area contributed by atoms with Gasteiger partial charge in [-0.3, -0.25) is 4.79 Å². The zero-order valence-corrected chi connectivity index (χ0v) is 8.65. The van der Waals surface area contributed by atoms with E-state index in [-0.39, 0.29) is 5.91 Å². The second-order valence-corrected chi connectivity index (χ2v) is 4.03. The molecule has 2 aliphatic heterocycles. The van der Waals surface area contributed by atoms with Crippen LogP contribution in [-0.4, -0.2) is 54.0 Å². The molecule has 0 saturated carbocycles. The van der Waals surface area contributed by atoms with E-state index in [0.29, 0.717) is 6.54 Å². The Bertz CT molecular complexity index is 246. The van der Waals surface area contributed by atoms with Crippen LogP contribution >= 0.6 is 0 Å². The zero-order chi connectivity index (χ0) is 9.97. The van der Waals surface area contributed by atoms with Gasteiger partial charge in [0.2, 0.25) is 5.91 Å². The van der Waals surface area contributed by atoms with Gasteiger partial charge in [0.1, 0.15) is 0 Å². The summed E-state index contributed by atoms with van der Waals surface area (Å²) in [5.41, 5.74) is 0. The lowest BCUT2D eigenvalue weighted by Crippen LogP contribution is -2.37. The summed E-state index contributed by atoms with van der Waals surface area (Å²) in [5.74, 6) is 0.266. The summed E-state index contributed by atoms with van der Waals surface area (Å²) in [7, 11) is 2.01. The van der Waals surface area contributed by atoms with Crippen molar-refractivity contribution in [3.63, 3.8) is 0 Å². The van der Waals surface area contributed by atoms with E-state index in [2.05, 4.69) is 4.90 Å². The number of rotatable bonds is 2. The smallest absolute Gasteiger partial charge is 0.242 e. The van der Waals surface area contributed by atoms with Gasteiger partial charge in [-0.2, -0.15) is 0 Å². The number of likely N-dealkylation sites (tertiary alicyclic amines) is 1. The molecule has 0 atom stereocenters. The van der Waals surface area contributed by atoms with E-state index in [0.717, 1.165) is 19.8 Å². The Morgan fingerprint density at radius 3 is 2.57 bits per heavy atom. The minimum absolute atomic E-state index is 0.266. The van der Waals surface area contributed by atoms with E-state index in [1.807, 2.05) is 29.2 Å². The maximum atomic E-state index is 11.7. The van der Waals surface area contributed by atoms with E-state index in [4.69, 9.17) is 0 Å². The van der Waals surface area contributed by atoms with Gasteiger partial charge in [0.25, 0.3) is 0 Å². The molecule has 14 heavy (non-hydrogen) atoms. The number of hydrogen-bond donors (Lipinski definition) is 0. The first-order chi connectivity index (χ1) is 6.75. The van der Waals surface area contributed by atoms with Gasteiger partial charge in [0.15, 0.2) is 0 Å². The van der Waals surface area contributed by atoms with Crippen molar-refractivity contribution in [2.45, 2.75) is 12.8 Å². The van der Waals surface area contributed by atoms with Crippen LogP contribution in [0.25, 0.3) is 0 Å². The largest absolute Gasteiger partial charge is 0.362 e. The van der Waals surface area contributed by atoms with Crippen molar-refractivity contribution in [1.29, 1.82) is 0 Å². The Morgan fingerprint density at radius 2 is 2.00 bits per heavy atom. The van der Waals surface area contributed by atoms with E-state index in [1.165, 1.54) is 12.8 Å². The number of carbonyl (C=O) groups excluding carboxylic acids is 1. The number of hydrogen-bond acceptors (Lipinski definition) is 3. The summed E-state index contributed by atoms with van der Waals surface area (Å²) in [6.45, 7) is 3.26. The molecule has 1 amide bonds. The Hall–Kier alpha value is -1.19. The van der Waals surface area contributed by atoms with Gasteiger partial charge in [-0.1, -0.05) is 0 Å². The highest BCUT2D eigenvalue weighted by Gasteiger charge is 2.20. The fourth-order valence-corrected chi connectivity index (χ4v) is 1.93. The molecule has 78 valence electrons. The van der Waals surface area contributed by atoms with E-state index >= 15 is 0 Å². The summed E-state index contributed by atoms with van der Waals surface area (Å²) in [4.78, 5) is 17.8. The number of amides is 1. The second-order valence-electron chi connectivity index (χ2n) is 4.03. The Balaban J connectivity index is 1.79. The Labute approximate surface area is 84.8 Å². The standard InChI is InChI=1S/C10H17N3O/c1-11-6-7-12(9-11)8-10(14)13-4-2-3-5-13/h6-7H,2-5,8-9H2,1H3. The van der Waals surface area contributed by atoms with Crippen molar-refractivity contribution in [1.82, 2.24) is 14.7 Å². The average molecular weight is 195 g/mol. The van der Waals surface area contributed by atoms with Gasteiger partial charge in [-0.25, -0.2) is 0 Å². The molecule has 0 spiro atoms. The topological polar surface area (TPSA) is 26.8 Å². The van der Waals surface area contributed by atoms with E-state index in [9.17, 15) is 4.79 Å². The molecular formula is C10H17N3O. The third-order valence-electron chi connectivity index (χ3n) is 2.73. The van der Waals surface area contributed by atoms with Gasteiger partial charge in [0.05, 0.1) is 13.2 Å². The van der Waals surface area contributed by atoms with Crippen LogP contribution in [-0.2, 0) is 4.79 Å². The lowest BCUT2D eigenvalue weighted by Gasteiger charge is -2.21. The molecule has 4 heteroatoms. The van der Waals surface area contributed by atoms with Gasteiger partial charge in [-0.15, -0.1) is 0 Å². The fourth-order valence-electron chi connectivity index (χ4n) is 1.93. The zero-order valence-electron chi connectivity index (χ0n) is 8.65. The molecule has 1 fully saturated rings. The number of carbonyl (C=O) groups is 1. The third-order valence-corrected chi connectivity index (χ3v) is 2.73. The summed E-state index contributed by atoms with van der Waals surface area (Å²) in [5, 5.41) is 0. The van der Waals surface area contributed by atoms with Crippen LogP contribution in [0.2, 0.25) is 0 Å². The quantitative estimate of drug-likeness (QED) is 0.633. The van der Waals surface area contributed by atoms with Crippen LogP contribution in [0.4, 0.5) is 0 Å². The van der Waals surface area contributed by atoms with Crippen molar-refractivity contribution < 1.29 is 4.79 Å². The SMILES string of the molecule is CN1C=CN(CC(=O)N2CCCC2)C1. The molecule has 0 aromatic carbocycles. The molecule has 2 rings (SSSR count). The predicted octanol–water partition coefficient (Wildman–Crippen LogP) is 0.285. The molecule has 4 nitrogen and oxygen atoms in total. The molecular weight excluding hydrogens is 178 g/mol. The fraction of sp³-hybridized carbons (Fsp3) is 0.700. The molecule has 0 radical (unpaired) electrons. The Kier molecular flexibility index (Phi) is 2.61. The van der Waals surface area contributed by atoms with Crippen LogP contribution in [0.5, 0.6) is 0 Å². The van der Waals surface area contributed by atoms with Crippen molar-refractivity contribution >= 4 is 5.91 Å². The molecule has 2 heterocycles. The molecule has 0 aromatic heterocycles. The first kappa shape index (κ1) is 9.37. The minimum Gasteiger partial charge on any atom is -0.362 e. The molecule has 0 aliphatic carbocycles. The third kappa shape index (κ3) is 2.00. The molecule has 2 aliphatic rings. The molecule has 0 unspecified atom stereocenters. The molecule has 0 aromatic rings. The monoisotopic (exact) mass is 195 g/mol. The van der Waals surface area contributed by atoms with Crippen LogP contribution < -0.4 is 0 Å². The predicted molar refractivity (Wildman–Crippen MR) is 54.3 cm³/mol. The van der Waals surface area contributed by atoms with Crippen LogP contribution in [0.3, 0.4) is 0 Å². The molecule has 0 bridgehead atoms. The Morgan fingerprint density at radius 1 is 1.29 bits per heavy atom. The summed E-state index contributed by atoms with van der Waals surface area (Å²) in [6, 6.07) is 0. The van der Waals surface area contributed by atoms with Gasteiger partial charge >= 0.3 is 0 Å². The highest BCUT2D eigenvalue weighted by atomic mass is 16.2. The van der Waals surface area contributed by atoms with E-state index < -0.39 is 0 Å². The van der Waals surface area contributed by atoms with Crippen LogP contribution in [0.15, 0.2) is 12.4 Å². The first-order valence-electron chi connectivity index (χ1n) is 5.16. The molecule has 1 saturated heterocycles. The second kappa shape index (κ2) is 3.90. The highest BCUT2D eigenvalue weighted by Crippen LogP contribution is 2.09. The maximum Gasteiger partial charge on any atom is 0.242 e. The van der Waals surface area contributed by atoms with Crippen molar-refractivity contribution in [3.8, 4) is 0 Å². The van der Waals surface area contributed by atoms with Crippen molar-refractivity contribution in [2.75, 3.05) is 33.4 Å². The van der Waals surface area contributed by atoms with Gasteiger partial charge in [0, 0.05) is 32.5 Å². The van der Waals surface area contributed by atoms with Crippen molar-refractivity contribution in [3.05, 3.63) is 12.4 Å². The van der Waals surface area contributed by atoms with Crippen LogP contribution in [0.1, 0.15) is 12.8 Å². The highest BCUT2D eigenvalue weighted by molar-refractivity contribution is 5.78. The molecule has 0 N–H and O–H groups in total. The first-order valence-corrected chi connectivity index (χ1v) is 5.16. The van der Waals surface area contributed by atoms with Gasteiger partial charge in [-0.05, 0) is 12.8 Å². The normalized spacial score (nSPS) is 21.1.